The second-order valence-electron chi connectivity index (χ2n) is 4.55. The van der Waals surface area contributed by atoms with Crippen molar-refractivity contribution in [3.8, 4) is 5.75 Å². The summed E-state index contributed by atoms with van der Waals surface area (Å²) in [6.07, 6.45) is 0. The van der Waals surface area contributed by atoms with Crippen molar-refractivity contribution < 1.29 is 9.50 Å². The third-order valence-electron chi connectivity index (χ3n) is 2.95. The minimum Gasteiger partial charge on any atom is -0.507 e. The van der Waals surface area contributed by atoms with Crippen LogP contribution in [0.2, 0.25) is 0 Å². The Morgan fingerprint density at radius 1 is 1.21 bits per heavy atom. The predicted octanol–water partition coefficient (Wildman–Crippen LogP) is 4.78. The Morgan fingerprint density at radius 2 is 1.95 bits per heavy atom. The number of benzene rings is 2. The summed E-state index contributed by atoms with van der Waals surface area (Å²) in [6, 6.07) is 9.92. The van der Waals surface area contributed by atoms with Crippen LogP contribution in [-0.4, -0.2) is 5.11 Å². The molecular formula is C15H15BrFNO. The molecule has 2 aromatic rings. The van der Waals surface area contributed by atoms with Gasteiger partial charge in [-0.25, -0.2) is 4.39 Å². The van der Waals surface area contributed by atoms with E-state index in [-0.39, 0.29) is 11.8 Å². The van der Waals surface area contributed by atoms with Crippen molar-refractivity contribution in [2.75, 3.05) is 5.32 Å². The summed E-state index contributed by atoms with van der Waals surface area (Å²) in [7, 11) is 0. The molecular weight excluding hydrogens is 309 g/mol. The summed E-state index contributed by atoms with van der Waals surface area (Å²) in [5, 5.41) is 13.1. The SMILES string of the molecule is Cc1ccc(Br)c(NC(C)c2ccc(F)cc2O)c1. The number of aryl methyl sites for hydroxylation is 1. The molecule has 19 heavy (non-hydrogen) atoms. The minimum atomic E-state index is -0.440. The van der Waals surface area contributed by atoms with Gasteiger partial charge in [0.1, 0.15) is 11.6 Å². The Balaban J connectivity index is 2.25. The number of phenolic OH excluding ortho intramolecular Hbond substituents is 1. The van der Waals surface area contributed by atoms with Crippen molar-refractivity contribution in [3.05, 3.63) is 57.8 Å². The van der Waals surface area contributed by atoms with Gasteiger partial charge in [0.25, 0.3) is 0 Å². The molecule has 0 aliphatic rings. The van der Waals surface area contributed by atoms with Gasteiger partial charge in [-0.05, 0) is 53.5 Å². The van der Waals surface area contributed by atoms with E-state index in [2.05, 4.69) is 21.2 Å². The van der Waals surface area contributed by atoms with Gasteiger partial charge in [-0.3, -0.25) is 0 Å². The van der Waals surface area contributed by atoms with Gasteiger partial charge in [0.15, 0.2) is 0 Å². The van der Waals surface area contributed by atoms with E-state index < -0.39 is 5.82 Å². The van der Waals surface area contributed by atoms with Crippen molar-refractivity contribution in [2.24, 2.45) is 0 Å². The monoisotopic (exact) mass is 323 g/mol. The predicted molar refractivity (Wildman–Crippen MR) is 79.0 cm³/mol. The summed E-state index contributed by atoms with van der Waals surface area (Å²) in [5.74, 6) is -0.478. The molecule has 2 nitrogen and oxygen atoms in total. The highest BCUT2D eigenvalue weighted by atomic mass is 79.9. The first-order valence-electron chi connectivity index (χ1n) is 5.98. The Kier molecular flexibility index (Phi) is 4.10. The molecule has 0 aliphatic heterocycles. The van der Waals surface area contributed by atoms with Gasteiger partial charge in [-0.15, -0.1) is 0 Å². The minimum absolute atomic E-state index is 0.0382. The second kappa shape index (κ2) is 5.61. The van der Waals surface area contributed by atoms with E-state index in [1.54, 1.807) is 6.07 Å². The zero-order valence-corrected chi connectivity index (χ0v) is 12.3. The molecule has 2 rings (SSSR count). The number of nitrogens with one attached hydrogen (secondary N) is 1. The molecule has 4 heteroatoms. The Bertz CT molecular complexity index is 601. The zero-order chi connectivity index (χ0) is 14.0. The van der Waals surface area contributed by atoms with Gasteiger partial charge >= 0.3 is 0 Å². The highest BCUT2D eigenvalue weighted by Crippen LogP contribution is 2.31. The fourth-order valence-corrected chi connectivity index (χ4v) is 2.30. The van der Waals surface area contributed by atoms with Gasteiger partial charge in [0.2, 0.25) is 0 Å². The lowest BCUT2D eigenvalue weighted by molar-refractivity contribution is 0.459. The molecule has 0 amide bonds. The standard InChI is InChI=1S/C15H15BrFNO/c1-9-3-6-13(16)14(7-9)18-10(2)12-5-4-11(17)8-15(12)19/h3-8,10,18-19H,1-2H3. The maximum absolute atomic E-state index is 13.0. The van der Waals surface area contributed by atoms with E-state index >= 15 is 0 Å². The molecule has 0 saturated carbocycles. The Morgan fingerprint density at radius 3 is 2.63 bits per heavy atom. The molecule has 0 aromatic heterocycles. The van der Waals surface area contributed by atoms with Crippen LogP contribution in [0.4, 0.5) is 10.1 Å². The van der Waals surface area contributed by atoms with Crippen molar-refractivity contribution in [2.45, 2.75) is 19.9 Å². The lowest BCUT2D eigenvalue weighted by Crippen LogP contribution is -2.07. The van der Waals surface area contributed by atoms with E-state index in [1.807, 2.05) is 32.0 Å². The van der Waals surface area contributed by atoms with Gasteiger partial charge in [0, 0.05) is 21.8 Å². The molecule has 0 aliphatic carbocycles. The van der Waals surface area contributed by atoms with Crippen molar-refractivity contribution in [1.29, 1.82) is 0 Å². The fourth-order valence-electron chi connectivity index (χ4n) is 1.94. The third kappa shape index (κ3) is 3.26. The highest BCUT2D eigenvalue weighted by molar-refractivity contribution is 9.10. The van der Waals surface area contributed by atoms with Crippen LogP contribution in [0.5, 0.6) is 5.75 Å². The quantitative estimate of drug-likeness (QED) is 0.852. The van der Waals surface area contributed by atoms with Crippen LogP contribution in [0.3, 0.4) is 0 Å². The molecule has 0 heterocycles. The first kappa shape index (κ1) is 13.9. The van der Waals surface area contributed by atoms with E-state index in [0.717, 1.165) is 21.8 Å². The smallest absolute Gasteiger partial charge is 0.126 e. The molecule has 0 spiro atoms. The largest absolute Gasteiger partial charge is 0.507 e. The summed E-state index contributed by atoms with van der Waals surface area (Å²) in [5.41, 5.74) is 2.74. The molecule has 100 valence electrons. The summed E-state index contributed by atoms with van der Waals surface area (Å²) in [6.45, 7) is 3.93. The highest BCUT2D eigenvalue weighted by Gasteiger charge is 2.12. The molecule has 0 fully saturated rings. The number of hydrogen-bond donors (Lipinski definition) is 2. The molecule has 0 bridgehead atoms. The molecule has 1 atom stereocenters. The van der Waals surface area contributed by atoms with Crippen LogP contribution in [0.15, 0.2) is 40.9 Å². The normalized spacial score (nSPS) is 12.2. The lowest BCUT2D eigenvalue weighted by atomic mass is 10.1. The van der Waals surface area contributed by atoms with Gasteiger partial charge < -0.3 is 10.4 Å². The average Bonchev–Trinajstić information content (AvgIpc) is 2.33. The van der Waals surface area contributed by atoms with Crippen molar-refractivity contribution in [3.63, 3.8) is 0 Å². The fraction of sp³-hybridized carbons (Fsp3) is 0.200. The Labute approximate surface area is 120 Å². The van der Waals surface area contributed by atoms with Gasteiger partial charge in [0.05, 0.1) is 6.04 Å². The van der Waals surface area contributed by atoms with E-state index in [9.17, 15) is 9.50 Å². The number of anilines is 1. The molecule has 2 N–H and O–H groups in total. The number of rotatable bonds is 3. The van der Waals surface area contributed by atoms with E-state index in [0.29, 0.717) is 5.56 Å². The summed E-state index contributed by atoms with van der Waals surface area (Å²) >= 11 is 3.48. The van der Waals surface area contributed by atoms with E-state index in [4.69, 9.17) is 0 Å². The maximum atomic E-state index is 13.0. The molecule has 0 radical (unpaired) electrons. The maximum Gasteiger partial charge on any atom is 0.126 e. The second-order valence-corrected chi connectivity index (χ2v) is 5.41. The Hall–Kier alpha value is -1.55. The van der Waals surface area contributed by atoms with Crippen LogP contribution in [0, 0.1) is 12.7 Å². The molecule has 0 saturated heterocycles. The summed E-state index contributed by atoms with van der Waals surface area (Å²) in [4.78, 5) is 0. The number of hydrogen-bond acceptors (Lipinski definition) is 2. The number of halogens is 2. The van der Waals surface area contributed by atoms with Crippen LogP contribution in [0.25, 0.3) is 0 Å². The number of aromatic hydroxyl groups is 1. The first-order valence-corrected chi connectivity index (χ1v) is 6.78. The topological polar surface area (TPSA) is 32.3 Å². The van der Waals surface area contributed by atoms with Crippen molar-refractivity contribution >= 4 is 21.6 Å². The molecule has 1 unspecified atom stereocenters. The van der Waals surface area contributed by atoms with Crippen LogP contribution < -0.4 is 5.32 Å². The van der Waals surface area contributed by atoms with Crippen LogP contribution >= 0.6 is 15.9 Å². The zero-order valence-electron chi connectivity index (χ0n) is 10.7. The average molecular weight is 324 g/mol. The number of phenols is 1. The molecule has 2 aromatic carbocycles. The summed E-state index contributed by atoms with van der Waals surface area (Å²) < 4.78 is 13.9. The lowest BCUT2D eigenvalue weighted by Gasteiger charge is -2.18. The van der Waals surface area contributed by atoms with E-state index in [1.165, 1.54) is 6.07 Å². The first-order chi connectivity index (χ1) is 8.97. The van der Waals surface area contributed by atoms with Crippen molar-refractivity contribution in [1.82, 2.24) is 0 Å². The van der Waals surface area contributed by atoms with Crippen LogP contribution in [-0.2, 0) is 0 Å². The third-order valence-corrected chi connectivity index (χ3v) is 3.64. The van der Waals surface area contributed by atoms with Crippen LogP contribution in [0.1, 0.15) is 24.1 Å². The van der Waals surface area contributed by atoms with Gasteiger partial charge in [-0.2, -0.15) is 0 Å². The van der Waals surface area contributed by atoms with Gasteiger partial charge in [-0.1, -0.05) is 12.1 Å².